The first kappa shape index (κ1) is 17.1. The average Bonchev–Trinajstić information content (AvgIpc) is 2.53. The van der Waals surface area contributed by atoms with E-state index in [-0.39, 0.29) is 17.6 Å². The van der Waals surface area contributed by atoms with Gasteiger partial charge in [-0.15, -0.1) is 0 Å². The molecule has 2 rings (SSSR count). The van der Waals surface area contributed by atoms with Crippen molar-refractivity contribution in [2.24, 2.45) is 0 Å². The Morgan fingerprint density at radius 3 is 2.52 bits per heavy atom. The summed E-state index contributed by atoms with van der Waals surface area (Å²) in [6, 6.07) is 6.11. The van der Waals surface area contributed by atoms with E-state index in [1.807, 2.05) is 4.90 Å². The zero-order chi connectivity index (χ0) is 16.8. The minimum Gasteiger partial charge on any atom is -0.348 e. The maximum atomic E-state index is 13.1. The molecule has 124 valence electrons. The smallest absolute Gasteiger partial charge is 0.246 e. The summed E-state index contributed by atoms with van der Waals surface area (Å²) in [6.07, 6.45) is 3.09. The Balaban J connectivity index is 1.83. The van der Waals surface area contributed by atoms with Gasteiger partial charge in [-0.3, -0.25) is 14.5 Å². The third kappa shape index (κ3) is 5.17. The van der Waals surface area contributed by atoms with Crippen molar-refractivity contribution in [3.8, 4) is 0 Å². The Bertz CT molecular complexity index is 593. The third-order valence-electron chi connectivity index (χ3n) is 3.81. The van der Waals surface area contributed by atoms with Gasteiger partial charge in [-0.05, 0) is 23.8 Å². The van der Waals surface area contributed by atoms with Gasteiger partial charge in [0.1, 0.15) is 5.82 Å². The van der Waals surface area contributed by atoms with Crippen LogP contribution in [0.2, 0.25) is 0 Å². The molecule has 1 aromatic rings. The van der Waals surface area contributed by atoms with Crippen molar-refractivity contribution in [1.82, 2.24) is 14.7 Å². The molecule has 1 saturated heterocycles. The van der Waals surface area contributed by atoms with E-state index in [2.05, 4.69) is 0 Å². The molecule has 6 heteroatoms. The predicted octanol–water partition coefficient (Wildman–Crippen LogP) is 1.07. The van der Waals surface area contributed by atoms with Crippen LogP contribution in [0.5, 0.6) is 0 Å². The molecule has 0 N–H and O–H groups in total. The van der Waals surface area contributed by atoms with E-state index in [4.69, 9.17) is 0 Å². The number of piperazine rings is 1. The third-order valence-corrected chi connectivity index (χ3v) is 3.81. The number of nitrogens with zero attached hydrogens (tertiary/aromatic N) is 3. The average molecular weight is 319 g/mol. The molecule has 0 saturated carbocycles. The highest BCUT2D eigenvalue weighted by molar-refractivity contribution is 5.91. The number of amides is 2. The molecule has 1 aliphatic rings. The van der Waals surface area contributed by atoms with Crippen LogP contribution in [-0.4, -0.2) is 73.3 Å². The van der Waals surface area contributed by atoms with Gasteiger partial charge in [-0.1, -0.05) is 12.1 Å². The molecule has 0 bridgehead atoms. The summed E-state index contributed by atoms with van der Waals surface area (Å²) in [5, 5.41) is 0. The second kappa shape index (κ2) is 7.87. The standard InChI is InChI=1S/C17H22FN3O2/c1-19(2)17(23)13-20-8-10-21(11-9-20)16(22)7-6-14-4-3-5-15(18)12-14/h3-7,12H,8-11,13H2,1-2H3/b7-6+. The first-order valence-corrected chi connectivity index (χ1v) is 7.61. The molecular weight excluding hydrogens is 297 g/mol. The molecule has 0 atom stereocenters. The van der Waals surface area contributed by atoms with Crippen LogP contribution in [-0.2, 0) is 9.59 Å². The predicted molar refractivity (Wildman–Crippen MR) is 87.1 cm³/mol. The quantitative estimate of drug-likeness (QED) is 0.780. The van der Waals surface area contributed by atoms with E-state index in [1.165, 1.54) is 18.2 Å². The van der Waals surface area contributed by atoms with Crippen LogP contribution < -0.4 is 0 Å². The number of halogens is 1. The molecule has 0 aliphatic carbocycles. The van der Waals surface area contributed by atoms with Gasteiger partial charge in [0.25, 0.3) is 0 Å². The summed E-state index contributed by atoms with van der Waals surface area (Å²) in [5.74, 6) is -0.345. The monoisotopic (exact) mass is 319 g/mol. The Kier molecular flexibility index (Phi) is 5.87. The fraction of sp³-hybridized carbons (Fsp3) is 0.412. The maximum Gasteiger partial charge on any atom is 0.246 e. The van der Waals surface area contributed by atoms with Crippen LogP contribution in [0.25, 0.3) is 6.08 Å². The largest absolute Gasteiger partial charge is 0.348 e. The van der Waals surface area contributed by atoms with Crippen LogP contribution in [0, 0.1) is 5.82 Å². The van der Waals surface area contributed by atoms with E-state index in [0.29, 0.717) is 38.3 Å². The molecule has 0 unspecified atom stereocenters. The molecule has 1 fully saturated rings. The molecule has 1 aliphatic heterocycles. The van der Waals surface area contributed by atoms with Gasteiger partial charge < -0.3 is 9.80 Å². The first-order chi connectivity index (χ1) is 11.0. The molecule has 0 aromatic heterocycles. The molecule has 0 radical (unpaired) electrons. The van der Waals surface area contributed by atoms with E-state index in [1.54, 1.807) is 42.1 Å². The van der Waals surface area contributed by atoms with E-state index < -0.39 is 0 Å². The molecule has 2 amide bonds. The second-order valence-corrected chi connectivity index (χ2v) is 5.78. The van der Waals surface area contributed by atoms with Gasteiger partial charge >= 0.3 is 0 Å². The highest BCUT2D eigenvalue weighted by Crippen LogP contribution is 2.07. The van der Waals surface area contributed by atoms with Crippen LogP contribution in [0.15, 0.2) is 30.3 Å². The summed E-state index contributed by atoms with van der Waals surface area (Å²) >= 11 is 0. The lowest BCUT2D eigenvalue weighted by Crippen LogP contribution is -2.50. The van der Waals surface area contributed by atoms with Gasteiger partial charge in [0.05, 0.1) is 6.54 Å². The number of rotatable bonds is 4. The highest BCUT2D eigenvalue weighted by Gasteiger charge is 2.21. The Hall–Kier alpha value is -2.21. The topological polar surface area (TPSA) is 43.9 Å². The highest BCUT2D eigenvalue weighted by atomic mass is 19.1. The molecule has 5 nitrogen and oxygen atoms in total. The lowest BCUT2D eigenvalue weighted by Gasteiger charge is -2.34. The second-order valence-electron chi connectivity index (χ2n) is 5.78. The van der Waals surface area contributed by atoms with Crippen molar-refractivity contribution in [1.29, 1.82) is 0 Å². The van der Waals surface area contributed by atoms with Gasteiger partial charge in [-0.2, -0.15) is 0 Å². The maximum absolute atomic E-state index is 13.1. The van der Waals surface area contributed by atoms with Gasteiger partial charge in [0, 0.05) is 46.4 Å². The number of carbonyl (C=O) groups is 2. The fourth-order valence-electron chi connectivity index (χ4n) is 2.34. The van der Waals surface area contributed by atoms with Crippen molar-refractivity contribution in [2.75, 3.05) is 46.8 Å². The van der Waals surface area contributed by atoms with Crippen molar-refractivity contribution in [2.45, 2.75) is 0 Å². The number of hydrogen-bond acceptors (Lipinski definition) is 3. The zero-order valence-electron chi connectivity index (χ0n) is 13.5. The van der Waals surface area contributed by atoms with Crippen LogP contribution in [0.3, 0.4) is 0 Å². The molecular formula is C17H22FN3O2. The molecule has 1 aromatic carbocycles. The summed E-state index contributed by atoms with van der Waals surface area (Å²) in [7, 11) is 3.47. The summed E-state index contributed by atoms with van der Waals surface area (Å²) in [6.45, 7) is 2.92. The summed E-state index contributed by atoms with van der Waals surface area (Å²) < 4.78 is 13.1. The summed E-state index contributed by atoms with van der Waals surface area (Å²) in [5.41, 5.74) is 0.661. The lowest BCUT2D eigenvalue weighted by atomic mass is 10.2. The zero-order valence-corrected chi connectivity index (χ0v) is 13.5. The Morgan fingerprint density at radius 2 is 1.91 bits per heavy atom. The van der Waals surface area contributed by atoms with Crippen molar-refractivity contribution in [3.63, 3.8) is 0 Å². The first-order valence-electron chi connectivity index (χ1n) is 7.61. The number of benzene rings is 1. The van der Waals surface area contributed by atoms with E-state index in [9.17, 15) is 14.0 Å². The van der Waals surface area contributed by atoms with Gasteiger partial charge in [0.15, 0.2) is 0 Å². The number of likely N-dealkylation sites (N-methyl/N-ethyl adjacent to an activating group) is 1. The summed E-state index contributed by atoms with van der Waals surface area (Å²) in [4.78, 5) is 29.2. The molecule has 23 heavy (non-hydrogen) atoms. The van der Waals surface area contributed by atoms with Gasteiger partial charge in [0.2, 0.25) is 11.8 Å². The van der Waals surface area contributed by atoms with Crippen LogP contribution in [0.4, 0.5) is 4.39 Å². The van der Waals surface area contributed by atoms with Crippen molar-refractivity contribution in [3.05, 3.63) is 41.7 Å². The van der Waals surface area contributed by atoms with E-state index >= 15 is 0 Å². The van der Waals surface area contributed by atoms with Crippen molar-refractivity contribution >= 4 is 17.9 Å². The Morgan fingerprint density at radius 1 is 1.22 bits per heavy atom. The minimum absolute atomic E-state index is 0.0655. The van der Waals surface area contributed by atoms with Crippen LogP contribution >= 0.6 is 0 Å². The SMILES string of the molecule is CN(C)C(=O)CN1CCN(C(=O)/C=C/c2cccc(F)c2)CC1. The molecule has 0 spiro atoms. The Labute approximate surface area is 136 Å². The van der Waals surface area contributed by atoms with Gasteiger partial charge in [-0.25, -0.2) is 4.39 Å². The minimum atomic E-state index is -0.321. The molecule has 1 heterocycles. The lowest BCUT2D eigenvalue weighted by molar-refractivity contribution is -0.131. The van der Waals surface area contributed by atoms with Crippen LogP contribution in [0.1, 0.15) is 5.56 Å². The van der Waals surface area contributed by atoms with E-state index in [0.717, 1.165) is 0 Å². The number of hydrogen-bond donors (Lipinski definition) is 0. The van der Waals surface area contributed by atoms with Crippen molar-refractivity contribution < 1.29 is 14.0 Å². The number of carbonyl (C=O) groups excluding carboxylic acids is 2. The normalized spacial score (nSPS) is 15.9. The fourth-order valence-corrected chi connectivity index (χ4v) is 2.34.